The highest BCUT2D eigenvalue weighted by Crippen LogP contribution is 2.12. The Morgan fingerprint density at radius 3 is 2.92 bits per heavy atom. The maximum atomic E-state index is 11.9. The Kier molecular flexibility index (Phi) is 6.08. The van der Waals surface area contributed by atoms with E-state index in [0.717, 1.165) is 26.2 Å². The van der Waals surface area contributed by atoms with Gasteiger partial charge >= 0.3 is 6.03 Å². The number of aliphatic hydroxyl groups excluding tert-OH is 1. The van der Waals surface area contributed by atoms with Crippen molar-refractivity contribution in [3.05, 3.63) is 36.5 Å². The molecule has 0 aromatic carbocycles. The average molecular weight is 347 g/mol. The van der Waals surface area contributed by atoms with Gasteiger partial charge in [-0.1, -0.05) is 6.42 Å². The molecule has 1 aliphatic rings. The highest BCUT2D eigenvalue weighted by molar-refractivity contribution is 5.88. The van der Waals surface area contributed by atoms with E-state index in [0.29, 0.717) is 11.4 Å². The maximum absolute atomic E-state index is 11.9. The van der Waals surface area contributed by atoms with Gasteiger partial charge in [0.05, 0.1) is 31.2 Å². The van der Waals surface area contributed by atoms with Crippen molar-refractivity contribution in [1.82, 2.24) is 20.0 Å². The summed E-state index contributed by atoms with van der Waals surface area (Å²) in [5.74, 6) is 0.422. The smallest absolute Gasteiger partial charge is 0.319 e. The molecule has 0 bridgehead atoms. The zero-order chi connectivity index (χ0) is 17.5. The van der Waals surface area contributed by atoms with E-state index < -0.39 is 6.10 Å². The van der Waals surface area contributed by atoms with E-state index in [1.807, 2.05) is 10.9 Å². The van der Waals surface area contributed by atoms with Crippen molar-refractivity contribution in [2.75, 3.05) is 31.5 Å². The molecule has 1 saturated heterocycles. The molecule has 1 atom stereocenters. The lowest BCUT2D eigenvalue weighted by molar-refractivity contribution is 0.149. The number of anilines is 1. The number of carbonyl (C=O) groups is 1. The molecule has 1 aliphatic heterocycles. The molecule has 2 aromatic rings. The van der Waals surface area contributed by atoms with Crippen molar-refractivity contribution in [3.8, 4) is 0 Å². The second-order valence-electron chi connectivity index (χ2n) is 6.26. The molecule has 0 spiro atoms. The lowest BCUT2D eigenvalue weighted by Crippen LogP contribution is -2.32. The molecule has 2 aromatic heterocycles. The van der Waals surface area contributed by atoms with Crippen molar-refractivity contribution in [2.24, 2.45) is 0 Å². The number of carbonyl (C=O) groups excluding carboxylic acids is 1. The second kappa shape index (κ2) is 8.68. The van der Waals surface area contributed by atoms with E-state index in [9.17, 15) is 9.90 Å². The van der Waals surface area contributed by atoms with Crippen molar-refractivity contribution >= 4 is 11.7 Å². The first kappa shape index (κ1) is 17.5. The van der Waals surface area contributed by atoms with Gasteiger partial charge in [-0.2, -0.15) is 5.10 Å². The summed E-state index contributed by atoms with van der Waals surface area (Å²) in [5, 5.41) is 19.5. The molecule has 3 heterocycles. The standard InChI is InChI=1S/C17H25N5O3/c23-15(16-5-4-10-25-16)12-18-17(24)20-14-11-19-22(13-14)9-8-21-6-2-1-3-7-21/h4-5,10-11,13,15,23H,1-3,6-9,12H2,(H2,18,20,24). The summed E-state index contributed by atoms with van der Waals surface area (Å²) in [7, 11) is 0. The van der Waals surface area contributed by atoms with Crippen LogP contribution in [-0.4, -0.2) is 52.0 Å². The molecule has 0 radical (unpaired) electrons. The largest absolute Gasteiger partial charge is 0.467 e. The van der Waals surface area contributed by atoms with Crippen LogP contribution in [0.1, 0.15) is 31.1 Å². The SMILES string of the molecule is O=C(NCC(O)c1ccco1)Nc1cnn(CCN2CCCCC2)c1. The van der Waals surface area contributed by atoms with Crippen LogP contribution in [0.5, 0.6) is 0 Å². The molecule has 8 heteroatoms. The first-order valence-corrected chi connectivity index (χ1v) is 8.72. The number of aromatic nitrogens is 2. The Balaban J connectivity index is 1.39. The normalized spacial score (nSPS) is 16.5. The molecular weight excluding hydrogens is 322 g/mol. The minimum atomic E-state index is -0.868. The van der Waals surface area contributed by atoms with Gasteiger partial charge in [-0.25, -0.2) is 4.79 Å². The molecular formula is C17H25N5O3. The molecule has 3 rings (SSSR count). The van der Waals surface area contributed by atoms with Gasteiger partial charge in [0.25, 0.3) is 0 Å². The fraction of sp³-hybridized carbons (Fsp3) is 0.529. The second-order valence-corrected chi connectivity index (χ2v) is 6.26. The first-order valence-electron chi connectivity index (χ1n) is 8.72. The van der Waals surface area contributed by atoms with Crippen LogP contribution in [0.15, 0.2) is 35.2 Å². The molecule has 3 N–H and O–H groups in total. The summed E-state index contributed by atoms with van der Waals surface area (Å²) in [5.41, 5.74) is 0.628. The first-order chi connectivity index (χ1) is 12.2. The minimum Gasteiger partial charge on any atom is -0.467 e. The third-order valence-corrected chi connectivity index (χ3v) is 4.31. The predicted octanol–water partition coefficient (Wildman–Crippen LogP) is 1.82. The third-order valence-electron chi connectivity index (χ3n) is 4.31. The number of aliphatic hydroxyl groups is 1. The van der Waals surface area contributed by atoms with Crippen LogP contribution in [0.4, 0.5) is 10.5 Å². The van der Waals surface area contributed by atoms with Crippen molar-refractivity contribution in [2.45, 2.75) is 31.9 Å². The lowest BCUT2D eigenvalue weighted by atomic mass is 10.1. The third kappa shape index (κ3) is 5.33. The summed E-state index contributed by atoms with van der Waals surface area (Å²) in [6.45, 7) is 4.17. The number of piperidine rings is 1. The maximum Gasteiger partial charge on any atom is 0.319 e. The Labute approximate surface area is 146 Å². The van der Waals surface area contributed by atoms with Crippen LogP contribution in [0.3, 0.4) is 0 Å². The Morgan fingerprint density at radius 2 is 2.16 bits per heavy atom. The van der Waals surface area contributed by atoms with Crippen LogP contribution in [0, 0.1) is 0 Å². The summed E-state index contributed by atoms with van der Waals surface area (Å²) >= 11 is 0. The summed E-state index contributed by atoms with van der Waals surface area (Å²) in [4.78, 5) is 14.3. The van der Waals surface area contributed by atoms with Crippen molar-refractivity contribution in [3.63, 3.8) is 0 Å². The summed E-state index contributed by atoms with van der Waals surface area (Å²) in [6.07, 6.45) is 7.93. The fourth-order valence-corrected chi connectivity index (χ4v) is 2.92. The van der Waals surface area contributed by atoms with E-state index in [4.69, 9.17) is 4.42 Å². The van der Waals surface area contributed by atoms with Gasteiger partial charge in [0.2, 0.25) is 0 Å². The predicted molar refractivity (Wildman–Crippen MR) is 93.2 cm³/mol. The zero-order valence-electron chi connectivity index (χ0n) is 14.2. The summed E-state index contributed by atoms with van der Waals surface area (Å²) < 4.78 is 6.92. The zero-order valence-corrected chi connectivity index (χ0v) is 14.2. The van der Waals surface area contributed by atoms with Gasteiger partial charge in [-0.3, -0.25) is 4.68 Å². The van der Waals surface area contributed by atoms with Crippen LogP contribution < -0.4 is 10.6 Å². The minimum absolute atomic E-state index is 0.0719. The Bertz CT molecular complexity index is 649. The number of nitrogens with one attached hydrogen (secondary N) is 2. The quantitative estimate of drug-likeness (QED) is 0.710. The number of likely N-dealkylation sites (tertiary alicyclic amines) is 1. The number of rotatable bonds is 7. The van der Waals surface area contributed by atoms with Crippen molar-refractivity contribution in [1.29, 1.82) is 0 Å². The fourth-order valence-electron chi connectivity index (χ4n) is 2.92. The number of hydrogen-bond donors (Lipinski definition) is 3. The number of furan rings is 1. The van der Waals surface area contributed by atoms with Gasteiger partial charge in [0.15, 0.2) is 0 Å². The van der Waals surface area contributed by atoms with Crippen LogP contribution in [0.2, 0.25) is 0 Å². The summed E-state index contributed by atoms with van der Waals surface area (Å²) in [6, 6.07) is 2.97. The monoisotopic (exact) mass is 347 g/mol. The van der Waals surface area contributed by atoms with E-state index in [1.165, 1.54) is 25.5 Å². The molecule has 136 valence electrons. The molecule has 25 heavy (non-hydrogen) atoms. The molecule has 8 nitrogen and oxygen atoms in total. The van der Waals surface area contributed by atoms with Gasteiger partial charge in [0, 0.05) is 12.7 Å². The van der Waals surface area contributed by atoms with Crippen LogP contribution >= 0.6 is 0 Å². The number of urea groups is 1. The van der Waals surface area contributed by atoms with E-state index in [-0.39, 0.29) is 12.6 Å². The molecule has 0 saturated carbocycles. The molecule has 1 fully saturated rings. The highest BCUT2D eigenvalue weighted by Gasteiger charge is 2.13. The Hall–Kier alpha value is -2.32. The van der Waals surface area contributed by atoms with Gasteiger partial charge in [-0.15, -0.1) is 0 Å². The molecule has 2 amide bonds. The van der Waals surface area contributed by atoms with E-state index in [2.05, 4.69) is 20.6 Å². The van der Waals surface area contributed by atoms with E-state index in [1.54, 1.807) is 18.3 Å². The number of nitrogens with zero attached hydrogens (tertiary/aromatic N) is 3. The number of amides is 2. The van der Waals surface area contributed by atoms with Gasteiger partial charge in [0.1, 0.15) is 11.9 Å². The van der Waals surface area contributed by atoms with E-state index >= 15 is 0 Å². The van der Waals surface area contributed by atoms with Crippen LogP contribution in [-0.2, 0) is 6.54 Å². The Morgan fingerprint density at radius 1 is 1.32 bits per heavy atom. The molecule has 0 aliphatic carbocycles. The average Bonchev–Trinajstić information content (AvgIpc) is 3.31. The van der Waals surface area contributed by atoms with Gasteiger partial charge < -0.3 is 25.1 Å². The van der Waals surface area contributed by atoms with Gasteiger partial charge in [-0.05, 0) is 38.1 Å². The van der Waals surface area contributed by atoms with Crippen LogP contribution in [0.25, 0.3) is 0 Å². The molecule has 1 unspecified atom stereocenters. The topological polar surface area (TPSA) is 95.6 Å². The van der Waals surface area contributed by atoms with Crippen molar-refractivity contribution < 1.29 is 14.3 Å². The number of hydrogen-bond acceptors (Lipinski definition) is 5. The highest BCUT2D eigenvalue weighted by atomic mass is 16.4. The lowest BCUT2D eigenvalue weighted by Gasteiger charge is -2.26.